The fraction of sp³-hybridized carbons (Fsp3) is 0.528. The van der Waals surface area contributed by atoms with Gasteiger partial charge in [0.1, 0.15) is 29.9 Å². The lowest BCUT2D eigenvalue weighted by Crippen LogP contribution is -2.51. The summed E-state index contributed by atoms with van der Waals surface area (Å²) in [4.78, 5) is 54.7. The van der Waals surface area contributed by atoms with Gasteiger partial charge in [0, 0.05) is 23.5 Å². The summed E-state index contributed by atoms with van der Waals surface area (Å²) in [6.45, 7) is 3.84. The van der Waals surface area contributed by atoms with Crippen molar-refractivity contribution in [3.8, 4) is 0 Å². The number of nitrogens with two attached hydrogens (primary N) is 1. The maximum absolute atomic E-state index is 13.1. The van der Waals surface area contributed by atoms with Crippen molar-refractivity contribution in [2.24, 2.45) is 16.6 Å². The monoisotopic (exact) mass is 654 g/mol. The van der Waals surface area contributed by atoms with Crippen LogP contribution in [0.5, 0.6) is 0 Å². The van der Waals surface area contributed by atoms with Gasteiger partial charge in [0.15, 0.2) is 0 Å². The number of rotatable bonds is 7. The molecule has 4 fully saturated rings. The van der Waals surface area contributed by atoms with Crippen molar-refractivity contribution in [3.63, 3.8) is 0 Å². The summed E-state index contributed by atoms with van der Waals surface area (Å²) in [5.41, 5.74) is 6.06. The van der Waals surface area contributed by atoms with Gasteiger partial charge in [-0.15, -0.1) is 0 Å². The first kappa shape index (κ1) is 33.5. The first-order valence-corrected chi connectivity index (χ1v) is 17.0. The van der Waals surface area contributed by atoms with Crippen LogP contribution in [0, 0.1) is 24.7 Å². The van der Waals surface area contributed by atoms with Crippen molar-refractivity contribution in [3.05, 3.63) is 72.1 Å². The van der Waals surface area contributed by atoms with E-state index in [0.29, 0.717) is 29.7 Å². The quantitative estimate of drug-likeness (QED) is 0.256. The molecule has 4 aliphatic rings. The Bertz CT molecular complexity index is 1660. The molecule has 4 atom stereocenters. The second-order valence-electron chi connectivity index (χ2n) is 14.3. The Labute approximate surface area is 281 Å². The molecule has 3 aromatic rings. The Kier molecular flexibility index (Phi) is 9.46. The van der Waals surface area contributed by atoms with Gasteiger partial charge in [0.2, 0.25) is 11.8 Å². The Morgan fingerprint density at radius 3 is 1.94 bits per heavy atom. The van der Waals surface area contributed by atoms with Gasteiger partial charge in [-0.2, -0.15) is 0 Å². The standard InChI is InChI=1S/C22H26N4O3.C14H20N4O/c1-16-23-13-8-18(24-16)25-19(27)21-9-5-10-22(15-21,12-11-21)26-20(28)29-14-17-6-3-2-4-7-17;1-10-16-8-3-11(17-10)18-12(19)13-4-2-5-14(15,9-13)7-6-13/h2-4,6-8,13H,5,9-12,14-15H2,1H3,(H,26,28)(H,23,24,25,27);3,8H,2,4-7,9,15H2,1H3,(H,16,17,18,19). The first-order chi connectivity index (χ1) is 23.0. The van der Waals surface area contributed by atoms with E-state index in [4.69, 9.17) is 10.5 Å². The lowest BCUT2D eigenvalue weighted by Gasteiger charge is -2.38. The van der Waals surface area contributed by atoms with E-state index in [-0.39, 0.29) is 34.9 Å². The van der Waals surface area contributed by atoms with Crippen LogP contribution in [0.3, 0.4) is 0 Å². The number of fused-ring (bicyclic) bond motifs is 4. The molecule has 1 aromatic carbocycles. The molecule has 4 bridgehead atoms. The minimum Gasteiger partial charge on any atom is -0.445 e. The summed E-state index contributed by atoms with van der Waals surface area (Å²) < 4.78 is 5.41. The van der Waals surface area contributed by atoms with E-state index >= 15 is 0 Å². The third-order valence-corrected chi connectivity index (χ3v) is 10.8. The van der Waals surface area contributed by atoms with E-state index in [9.17, 15) is 14.4 Å². The molecule has 4 saturated carbocycles. The highest BCUT2D eigenvalue weighted by molar-refractivity contribution is 5.95. The largest absolute Gasteiger partial charge is 0.445 e. The summed E-state index contributed by atoms with van der Waals surface area (Å²) in [5.74, 6) is 2.46. The number of carbonyl (C=O) groups is 3. The number of amides is 3. The molecule has 4 aliphatic carbocycles. The summed E-state index contributed by atoms with van der Waals surface area (Å²) in [5, 5.41) is 8.98. The van der Waals surface area contributed by atoms with Crippen LogP contribution >= 0.6 is 0 Å². The second kappa shape index (κ2) is 13.6. The number of alkyl carbamates (subject to hydrolysis) is 1. The van der Waals surface area contributed by atoms with Gasteiger partial charge in [-0.1, -0.05) is 43.2 Å². The first-order valence-electron chi connectivity index (χ1n) is 17.0. The van der Waals surface area contributed by atoms with Crippen LogP contribution in [0.2, 0.25) is 0 Å². The smallest absolute Gasteiger partial charge is 0.407 e. The maximum Gasteiger partial charge on any atom is 0.407 e. The molecule has 12 nitrogen and oxygen atoms in total. The van der Waals surface area contributed by atoms with Crippen LogP contribution < -0.4 is 21.7 Å². The number of ether oxygens (including phenoxy) is 1. The molecule has 12 heteroatoms. The Morgan fingerprint density at radius 1 is 0.729 bits per heavy atom. The van der Waals surface area contributed by atoms with Gasteiger partial charge in [-0.3, -0.25) is 9.59 Å². The highest BCUT2D eigenvalue weighted by atomic mass is 16.5. The van der Waals surface area contributed by atoms with Crippen molar-refractivity contribution in [2.45, 2.75) is 109 Å². The number of nitrogens with one attached hydrogen (secondary N) is 3. The molecule has 0 saturated heterocycles. The van der Waals surface area contributed by atoms with Crippen molar-refractivity contribution in [1.82, 2.24) is 25.3 Å². The van der Waals surface area contributed by atoms with Crippen molar-refractivity contribution in [2.75, 3.05) is 10.6 Å². The second-order valence-corrected chi connectivity index (χ2v) is 14.3. The number of anilines is 2. The average Bonchev–Trinajstić information content (AvgIpc) is 3.48. The third kappa shape index (κ3) is 7.48. The van der Waals surface area contributed by atoms with Gasteiger partial charge in [-0.25, -0.2) is 24.7 Å². The molecule has 0 radical (unpaired) electrons. The number of aryl methyl sites for hydroxylation is 2. The van der Waals surface area contributed by atoms with E-state index in [1.54, 1.807) is 31.5 Å². The lowest BCUT2D eigenvalue weighted by atomic mass is 9.72. The predicted octanol–water partition coefficient (Wildman–Crippen LogP) is 5.52. The minimum absolute atomic E-state index is 0.0170. The number of hydrogen-bond donors (Lipinski definition) is 4. The summed E-state index contributed by atoms with van der Waals surface area (Å²) in [6, 6.07) is 13.0. The molecule has 3 amide bonds. The Balaban J connectivity index is 0.000000182. The number of benzene rings is 1. The van der Waals surface area contributed by atoms with Gasteiger partial charge in [0.25, 0.3) is 0 Å². The summed E-state index contributed by atoms with van der Waals surface area (Å²) in [6.07, 6.45) is 13.4. The van der Waals surface area contributed by atoms with E-state index in [2.05, 4.69) is 35.9 Å². The molecule has 48 heavy (non-hydrogen) atoms. The molecule has 254 valence electrons. The normalized spacial score (nSPS) is 28.4. The van der Waals surface area contributed by atoms with Gasteiger partial charge in [0.05, 0.1) is 10.8 Å². The van der Waals surface area contributed by atoms with Crippen LogP contribution in [-0.4, -0.2) is 48.9 Å². The zero-order valence-electron chi connectivity index (χ0n) is 27.9. The highest BCUT2D eigenvalue weighted by Crippen LogP contribution is 2.54. The summed E-state index contributed by atoms with van der Waals surface area (Å²) in [7, 11) is 0. The van der Waals surface area contributed by atoms with Crippen molar-refractivity contribution < 1.29 is 19.1 Å². The topological polar surface area (TPSA) is 174 Å². The molecular weight excluding hydrogens is 608 g/mol. The molecule has 0 spiro atoms. The van der Waals surface area contributed by atoms with Crippen LogP contribution in [0.1, 0.15) is 94.3 Å². The van der Waals surface area contributed by atoms with Crippen LogP contribution in [0.25, 0.3) is 0 Å². The van der Waals surface area contributed by atoms with Crippen LogP contribution in [0.4, 0.5) is 16.4 Å². The number of aromatic nitrogens is 4. The Morgan fingerprint density at radius 2 is 1.31 bits per heavy atom. The van der Waals surface area contributed by atoms with Crippen LogP contribution in [-0.2, 0) is 20.9 Å². The van der Waals surface area contributed by atoms with Gasteiger partial charge < -0.3 is 26.4 Å². The van der Waals surface area contributed by atoms with E-state index < -0.39 is 11.5 Å². The third-order valence-electron chi connectivity index (χ3n) is 10.8. The molecule has 5 N–H and O–H groups in total. The fourth-order valence-corrected chi connectivity index (χ4v) is 8.35. The number of carbonyl (C=O) groups excluding carboxylic acids is 3. The average molecular weight is 655 g/mol. The molecule has 7 rings (SSSR count). The zero-order valence-corrected chi connectivity index (χ0v) is 27.9. The highest BCUT2D eigenvalue weighted by Gasteiger charge is 2.56. The molecule has 2 heterocycles. The van der Waals surface area contributed by atoms with E-state index in [1.165, 1.54) is 0 Å². The van der Waals surface area contributed by atoms with Crippen LogP contribution in [0.15, 0.2) is 54.9 Å². The van der Waals surface area contributed by atoms with E-state index in [1.807, 2.05) is 37.3 Å². The lowest BCUT2D eigenvalue weighted by molar-refractivity contribution is -0.127. The molecule has 0 aliphatic heterocycles. The fourth-order valence-electron chi connectivity index (χ4n) is 8.35. The maximum atomic E-state index is 13.1. The van der Waals surface area contributed by atoms with E-state index in [0.717, 1.165) is 76.2 Å². The molecular formula is C36H46N8O4. The van der Waals surface area contributed by atoms with Gasteiger partial charge >= 0.3 is 6.09 Å². The number of hydrogen-bond acceptors (Lipinski definition) is 9. The SMILES string of the molecule is Cc1nccc(NC(=O)C23CCCC(N)(CC2)C3)n1.Cc1nccc(NC(=O)C23CCCC(NC(=O)OCc4ccccc4)(CC2)C3)n1. The molecule has 4 unspecified atom stereocenters. The number of nitrogens with zero attached hydrogens (tertiary/aromatic N) is 4. The van der Waals surface area contributed by atoms with Crippen molar-refractivity contribution in [1.29, 1.82) is 0 Å². The minimum atomic E-state index is -0.468. The zero-order chi connectivity index (χ0) is 33.8. The molecule has 2 aromatic heterocycles. The summed E-state index contributed by atoms with van der Waals surface area (Å²) >= 11 is 0. The van der Waals surface area contributed by atoms with Gasteiger partial charge in [-0.05, 0) is 95.8 Å². The predicted molar refractivity (Wildman–Crippen MR) is 180 cm³/mol. The Hall–Kier alpha value is -4.45. The van der Waals surface area contributed by atoms with Crippen molar-refractivity contribution >= 4 is 29.5 Å².